The molecule has 0 fully saturated rings. The molecule has 0 aliphatic rings. The number of aromatic nitrogens is 3. The van der Waals surface area contributed by atoms with Crippen LogP contribution in [-0.4, -0.2) is 21.0 Å². The van der Waals surface area contributed by atoms with Crippen LogP contribution in [0.15, 0.2) is 24.4 Å². The van der Waals surface area contributed by atoms with Crippen LogP contribution in [-0.2, 0) is 6.54 Å². The summed E-state index contributed by atoms with van der Waals surface area (Å²) in [4.78, 5) is 0. The quantitative estimate of drug-likeness (QED) is 0.905. The second kappa shape index (κ2) is 5.96. The summed E-state index contributed by atoms with van der Waals surface area (Å²) in [5.41, 5.74) is 2.31. The molecule has 0 unspecified atom stereocenters. The Labute approximate surface area is 117 Å². The summed E-state index contributed by atoms with van der Waals surface area (Å²) in [5.74, 6) is 0. The molecular weight excluding hydrogens is 252 g/mol. The van der Waals surface area contributed by atoms with Gasteiger partial charge in [-0.1, -0.05) is 19.1 Å². The van der Waals surface area contributed by atoms with Gasteiger partial charge in [0.2, 0.25) is 0 Å². The van der Waals surface area contributed by atoms with E-state index in [9.17, 15) is 0 Å². The van der Waals surface area contributed by atoms with Gasteiger partial charge in [0.25, 0.3) is 0 Å². The Morgan fingerprint density at radius 2 is 2.00 bits per heavy atom. The SMILES string of the molecule is CC(C)NCc1cnnn1-c1ccc(C#N)c(C#N)c1. The molecule has 0 saturated heterocycles. The molecule has 2 aromatic rings. The highest BCUT2D eigenvalue weighted by atomic mass is 15.4. The van der Waals surface area contributed by atoms with Gasteiger partial charge in [-0.05, 0) is 18.2 Å². The number of benzene rings is 1. The molecule has 0 bridgehead atoms. The molecule has 0 spiro atoms. The molecule has 1 heterocycles. The molecule has 6 nitrogen and oxygen atoms in total. The molecule has 0 atom stereocenters. The van der Waals surface area contributed by atoms with Crippen molar-refractivity contribution >= 4 is 0 Å². The summed E-state index contributed by atoms with van der Waals surface area (Å²) in [6, 6.07) is 9.39. The first-order valence-electron chi connectivity index (χ1n) is 6.23. The zero-order valence-corrected chi connectivity index (χ0v) is 11.3. The van der Waals surface area contributed by atoms with Crippen LogP contribution < -0.4 is 5.32 Å². The van der Waals surface area contributed by atoms with Gasteiger partial charge in [-0.25, -0.2) is 4.68 Å². The van der Waals surface area contributed by atoms with Crippen LogP contribution in [0.2, 0.25) is 0 Å². The van der Waals surface area contributed by atoms with E-state index >= 15 is 0 Å². The lowest BCUT2D eigenvalue weighted by Gasteiger charge is -2.10. The first kappa shape index (κ1) is 13.7. The zero-order valence-electron chi connectivity index (χ0n) is 11.3. The first-order chi connectivity index (χ1) is 9.65. The first-order valence-corrected chi connectivity index (χ1v) is 6.23. The highest BCUT2D eigenvalue weighted by Gasteiger charge is 2.09. The van der Waals surface area contributed by atoms with Gasteiger partial charge >= 0.3 is 0 Å². The van der Waals surface area contributed by atoms with E-state index in [1.165, 1.54) is 0 Å². The van der Waals surface area contributed by atoms with Crippen molar-refractivity contribution in [1.82, 2.24) is 20.3 Å². The predicted octanol–water partition coefficient (Wildman–Crippen LogP) is 1.51. The van der Waals surface area contributed by atoms with E-state index in [1.54, 1.807) is 29.1 Å². The fraction of sp³-hybridized carbons (Fsp3) is 0.286. The van der Waals surface area contributed by atoms with Gasteiger partial charge in [0.05, 0.1) is 28.7 Å². The van der Waals surface area contributed by atoms with E-state index in [-0.39, 0.29) is 0 Å². The Balaban J connectivity index is 2.36. The average Bonchev–Trinajstić information content (AvgIpc) is 2.92. The van der Waals surface area contributed by atoms with E-state index < -0.39 is 0 Å². The minimum Gasteiger partial charge on any atom is -0.309 e. The fourth-order valence-electron chi connectivity index (χ4n) is 1.76. The van der Waals surface area contributed by atoms with Crippen LogP contribution in [0.1, 0.15) is 30.7 Å². The maximum absolute atomic E-state index is 9.06. The summed E-state index contributed by atoms with van der Waals surface area (Å²) in [7, 11) is 0. The van der Waals surface area contributed by atoms with Crippen molar-refractivity contribution in [1.29, 1.82) is 10.5 Å². The van der Waals surface area contributed by atoms with Gasteiger partial charge in [0.1, 0.15) is 12.1 Å². The smallest absolute Gasteiger partial charge is 0.101 e. The lowest BCUT2D eigenvalue weighted by Crippen LogP contribution is -2.23. The molecule has 100 valence electrons. The number of hydrogen-bond donors (Lipinski definition) is 1. The summed E-state index contributed by atoms with van der Waals surface area (Å²) >= 11 is 0. The van der Waals surface area contributed by atoms with Crippen molar-refractivity contribution in [2.24, 2.45) is 0 Å². The monoisotopic (exact) mass is 266 g/mol. The Morgan fingerprint density at radius 3 is 2.65 bits per heavy atom. The predicted molar refractivity (Wildman–Crippen MR) is 72.8 cm³/mol. The fourth-order valence-corrected chi connectivity index (χ4v) is 1.76. The summed E-state index contributed by atoms with van der Waals surface area (Å²) in [6.45, 7) is 4.75. The highest BCUT2D eigenvalue weighted by molar-refractivity contribution is 5.51. The minimum absolute atomic E-state index is 0.336. The van der Waals surface area contributed by atoms with Crippen molar-refractivity contribution in [3.05, 3.63) is 41.2 Å². The standard InChI is InChI=1S/C14H14N6/c1-10(2)17-8-14-9-18-19-20(14)13-4-3-11(6-15)12(5-13)7-16/h3-5,9-10,17H,8H2,1-2H3. The molecule has 6 heteroatoms. The summed E-state index contributed by atoms with van der Waals surface area (Å²) in [5, 5.41) is 29.2. The average molecular weight is 266 g/mol. The largest absolute Gasteiger partial charge is 0.309 e. The van der Waals surface area contributed by atoms with Gasteiger partial charge in [-0.15, -0.1) is 5.10 Å². The van der Waals surface area contributed by atoms with Gasteiger partial charge in [-0.3, -0.25) is 0 Å². The topological polar surface area (TPSA) is 90.3 Å². The van der Waals surface area contributed by atoms with Crippen LogP contribution in [0, 0.1) is 22.7 Å². The summed E-state index contributed by atoms with van der Waals surface area (Å²) in [6.07, 6.45) is 1.68. The number of nitrogens with one attached hydrogen (secondary N) is 1. The van der Waals surface area contributed by atoms with Gasteiger partial charge in [-0.2, -0.15) is 10.5 Å². The molecule has 20 heavy (non-hydrogen) atoms. The lowest BCUT2D eigenvalue weighted by atomic mass is 10.1. The van der Waals surface area contributed by atoms with E-state index in [1.807, 2.05) is 12.1 Å². The van der Waals surface area contributed by atoms with Crippen LogP contribution >= 0.6 is 0 Å². The molecule has 0 amide bonds. The lowest BCUT2D eigenvalue weighted by molar-refractivity contribution is 0.570. The van der Waals surface area contributed by atoms with E-state index in [0.717, 1.165) is 11.4 Å². The van der Waals surface area contributed by atoms with Crippen LogP contribution in [0.5, 0.6) is 0 Å². The minimum atomic E-state index is 0.336. The van der Waals surface area contributed by atoms with E-state index in [4.69, 9.17) is 10.5 Å². The summed E-state index contributed by atoms with van der Waals surface area (Å²) < 4.78 is 1.66. The third-order valence-electron chi connectivity index (χ3n) is 2.80. The van der Waals surface area contributed by atoms with E-state index in [2.05, 4.69) is 29.5 Å². The molecule has 0 aliphatic carbocycles. The third-order valence-corrected chi connectivity index (χ3v) is 2.80. The molecule has 0 saturated carbocycles. The maximum atomic E-state index is 9.06. The Bertz CT molecular complexity index is 686. The Hall–Kier alpha value is -2.70. The number of nitriles is 2. The van der Waals surface area contributed by atoms with Crippen LogP contribution in [0.3, 0.4) is 0 Å². The normalized spacial score (nSPS) is 10.2. The van der Waals surface area contributed by atoms with Crippen LogP contribution in [0.25, 0.3) is 5.69 Å². The molecule has 1 aromatic heterocycles. The number of nitrogens with zero attached hydrogens (tertiary/aromatic N) is 5. The van der Waals surface area contributed by atoms with Crippen molar-refractivity contribution < 1.29 is 0 Å². The highest BCUT2D eigenvalue weighted by Crippen LogP contribution is 2.15. The maximum Gasteiger partial charge on any atom is 0.101 e. The van der Waals surface area contributed by atoms with Gasteiger partial charge in [0.15, 0.2) is 0 Å². The van der Waals surface area contributed by atoms with Crippen molar-refractivity contribution in [2.45, 2.75) is 26.4 Å². The molecule has 0 aliphatic heterocycles. The zero-order chi connectivity index (χ0) is 14.5. The van der Waals surface area contributed by atoms with Gasteiger partial charge < -0.3 is 5.32 Å². The second-order valence-corrected chi connectivity index (χ2v) is 4.63. The number of rotatable bonds is 4. The van der Waals surface area contributed by atoms with Crippen molar-refractivity contribution in [3.8, 4) is 17.8 Å². The molecule has 1 aromatic carbocycles. The molecule has 2 rings (SSSR count). The van der Waals surface area contributed by atoms with Crippen LogP contribution in [0.4, 0.5) is 0 Å². The Kier molecular flexibility index (Phi) is 4.09. The second-order valence-electron chi connectivity index (χ2n) is 4.63. The molecule has 0 radical (unpaired) electrons. The molecular formula is C14H14N6. The Morgan fingerprint density at radius 1 is 1.25 bits per heavy atom. The third kappa shape index (κ3) is 2.82. The number of hydrogen-bond acceptors (Lipinski definition) is 5. The van der Waals surface area contributed by atoms with Gasteiger partial charge in [0, 0.05) is 12.6 Å². The van der Waals surface area contributed by atoms with E-state index in [0.29, 0.717) is 23.7 Å². The van der Waals surface area contributed by atoms with Crippen molar-refractivity contribution in [2.75, 3.05) is 0 Å². The van der Waals surface area contributed by atoms with Crippen molar-refractivity contribution in [3.63, 3.8) is 0 Å². The molecule has 1 N–H and O–H groups in total.